The van der Waals surface area contributed by atoms with E-state index in [1.165, 1.54) is 11.3 Å². The molecule has 23 heavy (non-hydrogen) atoms. The van der Waals surface area contributed by atoms with Crippen molar-refractivity contribution in [1.82, 2.24) is 4.90 Å². The lowest BCUT2D eigenvalue weighted by Crippen LogP contribution is -2.54. The van der Waals surface area contributed by atoms with Crippen LogP contribution >= 0.6 is 0 Å². The second-order valence-corrected chi connectivity index (χ2v) is 6.12. The summed E-state index contributed by atoms with van der Waals surface area (Å²) in [5, 5.41) is 2.96. The highest BCUT2D eigenvalue weighted by atomic mass is 16.2. The van der Waals surface area contributed by atoms with E-state index in [0.717, 1.165) is 25.3 Å². The monoisotopic (exact) mass is 309 g/mol. The quantitative estimate of drug-likeness (QED) is 0.917. The third-order valence-corrected chi connectivity index (χ3v) is 4.31. The minimum atomic E-state index is -0.0217. The van der Waals surface area contributed by atoms with Gasteiger partial charge < -0.3 is 15.1 Å². The van der Waals surface area contributed by atoms with Crippen LogP contribution in [0, 0.1) is 6.92 Å². The molecule has 3 rings (SSSR count). The summed E-state index contributed by atoms with van der Waals surface area (Å²) in [6.07, 6.45) is 0. The van der Waals surface area contributed by atoms with E-state index < -0.39 is 0 Å². The number of carbonyl (C=O) groups is 1. The van der Waals surface area contributed by atoms with E-state index >= 15 is 0 Å². The second-order valence-electron chi connectivity index (χ2n) is 6.12. The number of amides is 2. The van der Waals surface area contributed by atoms with Crippen LogP contribution in [0.15, 0.2) is 54.6 Å². The maximum atomic E-state index is 12.4. The number of nitrogens with zero attached hydrogens (tertiary/aromatic N) is 2. The van der Waals surface area contributed by atoms with Crippen molar-refractivity contribution < 1.29 is 4.79 Å². The number of aryl methyl sites for hydroxylation is 1. The normalized spacial score (nSPS) is 17.9. The lowest BCUT2D eigenvalue weighted by atomic mass is 10.1. The number of hydrogen-bond acceptors (Lipinski definition) is 2. The van der Waals surface area contributed by atoms with Crippen molar-refractivity contribution in [1.29, 1.82) is 0 Å². The van der Waals surface area contributed by atoms with Crippen LogP contribution in [0.25, 0.3) is 0 Å². The van der Waals surface area contributed by atoms with E-state index in [-0.39, 0.29) is 6.03 Å². The molecule has 1 aliphatic heterocycles. The number of anilines is 2. The molecule has 1 aliphatic rings. The van der Waals surface area contributed by atoms with E-state index in [9.17, 15) is 4.79 Å². The Morgan fingerprint density at radius 1 is 1.04 bits per heavy atom. The number of urea groups is 1. The molecule has 0 aromatic heterocycles. The topological polar surface area (TPSA) is 35.6 Å². The Morgan fingerprint density at radius 2 is 1.74 bits per heavy atom. The Balaban J connectivity index is 1.61. The first-order chi connectivity index (χ1) is 11.1. The fraction of sp³-hybridized carbons (Fsp3) is 0.316. The molecule has 2 aromatic carbocycles. The van der Waals surface area contributed by atoms with Gasteiger partial charge in [0.15, 0.2) is 0 Å². The molecule has 1 atom stereocenters. The third-order valence-electron chi connectivity index (χ3n) is 4.31. The zero-order chi connectivity index (χ0) is 16.2. The molecule has 0 bridgehead atoms. The van der Waals surface area contributed by atoms with Gasteiger partial charge in [-0.3, -0.25) is 0 Å². The van der Waals surface area contributed by atoms with Gasteiger partial charge in [0.2, 0.25) is 0 Å². The van der Waals surface area contributed by atoms with Crippen LogP contribution in [0.4, 0.5) is 16.2 Å². The standard InChI is InChI=1S/C19H23N3O/c1-15-8-10-18(11-9-15)22-13-12-21(14-16(22)2)19(23)20-17-6-4-3-5-7-17/h3-11,16H,12-14H2,1-2H3,(H,20,23)/t16-/m0/s1. The van der Waals surface area contributed by atoms with Crippen molar-refractivity contribution in [3.8, 4) is 0 Å². The van der Waals surface area contributed by atoms with Gasteiger partial charge >= 0.3 is 6.03 Å². The van der Waals surface area contributed by atoms with E-state index in [4.69, 9.17) is 0 Å². The van der Waals surface area contributed by atoms with Crippen LogP contribution in [-0.4, -0.2) is 36.6 Å². The van der Waals surface area contributed by atoms with E-state index in [1.807, 2.05) is 35.2 Å². The first-order valence-corrected chi connectivity index (χ1v) is 8.08. The molecular weight excluding hydrogens is 286 g/mol. The van der Waals surface area contributed by atoms with Gasteiger partial charge in [-0.2, -0.15) is 0 Å². The first kappa shape index (κ1) is 15.4. The molecule has 2 amide bonds. The van der Waals surface area contributed by atoms with Crippen molar-refractivity contribution >= 4 is 17.4 Å². The molecule has 4 nitrogen and oxygen atoms in total. The van der Waals surface area contributed by atoms with Crippen molar-refractivity contribution in [2.45, 2.75) is 19.9 Å². The zero-order valence-corrected chi connectivity index (χ0v) is 13.7. The number of para-hydroxylation sites is 1. The third kappa shape index (κ3) is 3.65. The number of benzene rings is 2. The predicted octanol–water partition coefficient (Wildman–Crippen LogP) is 3.74. The summed E-state index contributed by atoms with van der Waals surface area (Å²) in [5.74, 6) is 0. The molecule has 0 unspecified atom stereocenters. The summed E-state index contributed by atoms with van der Waals surface area (Å²) in [7, 11) is 0. The Kier molecular flexibility index (Phi) is 4.51. The molecule has 0 aliphatic carbocycles. The number of rotatable bonds is 2. The summed E-state index contributed by atoms with van der Waals surface area (Å²) >= 11 is 0. The highest BCUT2D eigenvalue weighted by Crippen LogP contribution is 2.21. The summed E-state index contributed by atoms with van der Waals surface area (Å²) in [5.41, 5.74) is 3.33. The molecule has 1 heterocycles. The van der Waals surface area contributed by atoms with Crippen LogP contribution in [-0.2, 0) is 0 Å². The number of hydrogen-bond donors (Lipinski definition) is 1. The summed E-state index contributed by atoms with van der Waals surface area (Å²) in [6, 6.07) is 18.5. The Hall–Kier alpha value is -2.49. The van der Waals surface area contributed by atoms with Gasteiger partial charge in [-0.1, -0.05) is 35.9 Å². The van der Waals surface area contributed by atoms with Gasteiger partial charge in [-0.25, -0.2) is 4.79 Å². The molecule has 0 radical (unpaired) electrons. The molecule has 4 heteroatoms. The maximum Gasteiger partial charge on any atom is 0.321 e. The van der Waals surface area contributed by atoms with Crippen molar-refractivity contribution in [3.05, 3.63) is 60.2 Å². The van der Waals surface area contributed by atoms with Gasteiger partial charge in [0.1, 0.15) is 0 Å². The average molecular weight is 309 g/mol. The number of piperazine rings is 1. The number of carbonyl (C=O) groups excluding carboxylic acids is 1. The lowest BCUT2D eigenvalue weighted by Gasteiger charge is -2.41. The fourth-order valence-corrected chi connectivity index (χ4v) is 2.99. The van der Waals surface area contributed by atoms with Crippen LogP contribution in [0.2, 0.25) is 0 Å². The largest absolute Gasteiger partial charge is 0.365 e. The summed E-state index contributed by atoms with van der Waals surface area (Å²) < 4.78 is 0. The van der Waals surface area contributed by atoms with Crippen LogP contribution < -0.4 is 10.2 Å². The van der Waals surface area contributed by atoms with Crippen LogP contribution in [0.5, 0.6) is 0 Å². The summed E-state index contributed by atoms with van der Waals surface area (Å²) in [6.45, 7) is 6.58. The average Bonchev–Trinajstić information content (AvgIpc) is 2.57. The van der Waals surface area contributed by atoms with Gasteiger partial charge in [0, 0.05) is 37.1 Å². The van der Waals surface area contributed by atoms with E-state index in [0.29, 0.717) is 6.04 Å². The molecule has 1 saturated heterocycles. The van der Waals surface area contributed by atoms with Gasteiger partial charge in [0.05, 0.1) is 0 Å². The number of nitrogens with one attached hydrogen (secondary N) is 1. The Morgan fingerprint density at radius 3 is 2.39 bits per heavy atom. The van der Waals surface area contributed by atoms with Crippen molar-refractivity contribution in [2.24, 2.45) is 0 Å². The van der Waals surface area contributed by atoms with Crippen LogP contribution in [0.3, 0.4) is 0 Å². The SMILES string of the molecule is Cc1ccc(N2CCN(C(=O)Nc3ccccc3)C[C@@H]2C)cc1. The molecular formula is C19H23N3O. The minimum absolute atomic E-state index is 0.0217. The molecule has 2 aromatic rings. The fourth-order valence-electron chi connectivity index (χ4n) is 2.99. The zero-order valence-electron chi connectivity index (χ0n) is 13.7. The van der Waals surface area contributed by atoms with Gasteiger partial charge in [-0.05, 0) is 38.1 Å². The smallest absolute Gasteiger partial charge is 0.321 e. The molecule has 0 saturated carbocycles. The first-order valence-electron chi connectivity index (χ1n) is 8.08. The Bertz CT molecular complexity index is 654. The van der Waals surface area contributed by atoms with E-state index in [1.54, 1.807) is 0 Å². The highest BCUT2D eigenvalue weighted by Gasteiger charge is 2.26. The Labute approximate surface area is 137 Å². The van der Waals surface area contributed by atoms with Gasteiger partial charge in [0.25, 0.3) is 0 Å². The highest BCUT2D eigenvalue weighted by molar-refractivity contribution is 5.89. The maximum absolute atomic E-state index is 12.4. The van der Waals surface area contributed by atoms with E-state index in [2.05, 4.69) is 48.3 Å². The minimum Gasteiger partial charge on any atom is -0.365 e. The second kappa shape index (κ2) is 6.73. The molecule has 1 fully saturated rings. The summed E-state index contributed by atoms with van der Waals surface area (Å²) in [4.78, 5) is 16.7. The van der Waals surface area contributed by atoms with Crippen molar-refractivity contribution in [3.63, 3.8) is 0 Å². The lowest BCUT2D eigenvalue weighted by molar-refractivity contribution is 0.200. The predicted molar refractivity (Wildman–Crippen MR) is 95.0 cm³/mol. The molecule has 1 N–H and O–H groups in total. The van der Waals surface area contributed by atoms with Crippen LogP contribution in [0.1, 0.15) is 12.5 Å². The molecule has 0 spiro atoms. The van der Waals surface area contributed by atoms with Crippen molar-refractivity contribution in [2.75, 3.05) is 29.9 Å². The van der Waals surface area contributed by atoms with Gasteiger partial charge in [-0.15, -0.1) is 0 Å². The molecule has 120 valence electrons.